The number of hydrogen-bond acceptors (Lipinski definition) is 2. The minimum atomic E-state index is 0.0247. The molecule has 2 heteroatoms. The molecular weight excluding hydrogens is 188 g/mol. The second-order valence-corrected chi connectivity index (χ2v) is 3.66. The Morgan fingerprint density at radius 1 is 1.53 bits per heavy atom. The third kappa shape index (κ3) is 3.98. The molecule has 0 radical (unpaired) electrons. The summed E-state index contributed by atoms with van der Waals surface area (Å²) in [4.78, 5) is 11.2. The van der Waals surface area contributed by atoms with Gasteiger partial charge < -0.3 is 4.74 Å². The molecule has 0 unspecified atom stereocenters. The zero-order valence-electron chi connectivity index (χ0n) is 9.19. The van der Waals surface area contributed by atoms with E-state index < -0.39 is 0 Å². The molecule has 0 spiro atoms. The maximum Gasteiger partial charge on any atom is 0.159 e. The second-order valence-electron chi connectivity index (χ2n) is 3.66. The summed E-state index contributed by atoms with van der Waals surface area (Å²) in [6.45, 7) is 7.39. The van der Waals surface area contributed by atoms with Crippen LogP contribution in [-0.4, -0.2) is 11.9 Å². The van der Waals surface area contributed by atoms with Crippen LogP contribution in [0.1, 0.15) is 19.4 Å². The van der Waals surface area contributed by atoms with Crippen molar-refractivity contribution in [1.29, 1.82) is 0 Å². The minimum absolute atomic E-state index is 0.0247. The lowest BCUT2D eigenvalue weighted by molar-refractivity contribution is -0.114. The van der Waals surface area contributed by atoms with Gasteiger partial charge in [-0.1, -0.05) is 18.7 Å². The molecule has 1 aromatic rings. The number of ketones is 1. The SMILES string of the molecule is C=CC(=O)Cc1cccc(OC(C)C)c1. The molecule has 0 aliphatic rings. The zero-order valence-corrected chi connectivity index (χ0v) is 9.19. The molecular formula is C13H16O2. The highest BCUT2D eigenvalue weighted by atomic mass is 16.5. The Labute approximate surface area is 90.6 Å². The summed E-state index contributed by atoms with van der Waals surface area (Å²) >= 11 is 0. The topological polar surface area (TPSA) is 26.3 Å². The molecule has 0 amide bonds. The van der Waals surface area contributed by atoms with Crippen LogP contribution in [0.15, 0.2) is 36.9 Å². The van der Waals surface area contributed by atoms with Gasteiger partial charge in [0, 0.05) is 6.42 Å². The molecule has 2 nitrogen and oxygen atoms in total. The fourth-order valence-corrected chi connectivity index (χ4v) is 1.27. The normalized spacial score (nSPS) is 10.1. The lowest BCUT2D eigenvalue weighted by Gasteiger charge is -2.10. The standard InChI is InChI=1S/C13H16O2/c1-4-12(14)8-11-6-5-7-13(9-11)15-10(2)3/h4-7,9-10H,1,8H2,2-3H3. The van der Waals surface area contributed by atoms with E-state index in [0.717, 1.165) is 11.3 Å². The average Bonchev–Trinajstić information content (AvgIpc) is 2.17. The molecule has 0 heterocycles. The fourth-order valence-electron chi connectivity index (χ4n) is 1.27. The van der Waals surface area contributed by atoms with E-state index in [0.29, 0.717) is 6.42 Å². The van der Waals surface area contributed by atoms with Crippen LogP contribution in [-0.2, 0) is 11.2 Å². The van der Waals surface area contributed by atoms with Gasteiger partial charge in [0.15, 0.2) is 5.78 Å². The molecule has 1 rings (SSSR count). The van der Waals surface area contributed by atoms with Crippen molar-refractivity contribution in [3.8, 4) is 5.75 Å². The number of allylic oxidation sites excluding steroid dienone is 1. The summed E-state index contributed by atoms with van der Waals surface area (Å²) in [5.74, 6) is 0.830. The predicted molar refractivity (Wildman–Crippen MR) is 61.1 cm³/mol. The van der Waals surface area contributed by atoms with Crippen molar-refractivity contribution in [3.05, 3.63) is 42.5 Å². The van der Waals surface area contributed by atoms with Crippen LogP contribution in [0, 0.1) is 0 Å². The summed E-state index contributed by atoms with van der Waals surface area (Å²) in [5.41, 5.74) is 0.957. The van der Waals surface area contributed by atoms with Gasteiger partial charge in [0.1, 0.15) is 5.75 Å². The maximum absolute atomic E-state index is 11.2. The Kier molecular flexibility index (Phi) is 4.10. The van der Waals surface area contributed by atoms with Crippen molar-refractivity contribution < 1.29 is 9.53 Å². The van der Waals surface area contributed by atoms with Crippen molar-refractivity contribution in [1.82, 2.24) is 0 Å². The van der Waals surface area contributed by atoms with Gasteiger partial charge in [-0.25, -0.2) is 0 Å². The van der Waals surface area contributed by atoms with Crippen LogP contribution in [0.2, 0.25) is 0 Å². The van der Waals surface area contributed by atoms with E-state index in [1.807, 2.05) is 38.1 Å². The van der Waals surface area contributed by atoms with E-state index in [-0.39, 0.29) is 11.9 Å². The van der Waals surface area contributed by atoms with Gasteiger partial charge in [-0.05, 0) is 37.6 Å². The molecule has 0 saturated carbocycles. The number of ether oxygens (including phenoxy) is 1. The lowest BCUT2D eigenvalue weighted by Crippen LogP contribution is -2.06. The number of hydrogen-bond donors (Lipinski definition) is 0. The Morgan fingerprint density at radius 2 is 2.27 bits per heavy atom. The van der Waals surface area contributed by atoms with Crippen molar-refractivity contribution in [2.45, 2.75) is 26.4 Å². The van der Waals surface area contributed by atoms with Gasteiger partial charge >= 0.3 is 0 Å². The Balaban J connectivity index is 2.73. The van der Waals surface area contributed by atoms with Gasteiger partial charge in [-0.15, -0.1) is 0 Å². The molecule has 0 aliphatic heterocycles. The molecule has 0 fully saturated rings. The van der Waals surface area contributed by atoms with Gasteiger partial charge in [0.05, 0.1) is 6.10 Å². The molecule has 15 heavy (non-hydrogen) atoms. The van der Waals surface area contributed by atoms with Crippen molar-refractivity contribution >= 4 is 5.78 Å². The van der Waals surface area contributed by atoms with Gasteiger partial charge in [-0.2, -0.15) is 0 Å². The first-order valence-electron chi connectivity index (χ1n) is 5.02. The molecule has 0 N–H and O–H groups in total. The first-order valence-corrected chi connectivity index (χ1v) is 5.02. The van der Waals surface area contributed by atoms with E-state index >= 15 is 0 Å². The molecule has 0 aromatic heterocycles. The largest absolute Gasteiger partial charge is 0.491 e. The summed E-state index contributed by atoms with van der Waals surface area (Å²) in [5, 5.41) is 0. The first-order chi connectivity index (χ1) is 7.11. The molecule has 1 aromatic carbocycles. The lowest BCUT2D eigenvalue weighted by atomic mass is 10.1. The molecule has 0 atom stereocenters. The highest BCUT2D eigenvalue weighted by molar-refractivity contribution is 5.90. The van der Waals surface area contributed by atoms with Crippen LogP contribution in [0.4, 0.5) is 0 Å². The van der Waals surface area contributed by atoms with Crippen LogP contribution < -0.4 is 4.74 Å². The quantitative estimate of drug-likeness (QED) is 0.689. The Hall–Kier alpha value is -1.57. The van der Waals surface area contributed by atoms with Crippen molar-refractivity contribution in [2.24, 2.45) is 0 Å². The summed E-state index contributed by atoms with van der Waals surface area (Å²) in [7, 11) is 0. The minimum Gasteiger partial charge on any atom is -0.491 e. The number of carbonyl (C=O) groups excluding carboxylic acids is 1. The van der Waals surface area contributed by atoms with Crippen LogP contribution >= 0.6 is 0 Å². The predicted octanol–water partition coefficient (Wildman–Crippen LogP) is 2.77. The summed E-state index contributed by atoms with van der Waals surface area (Å²) in [6.07, 6.45) is 1.88. The average molecular weight is 204 g/mol. The van der Waals surface area contributed by atoms with Gasteiger partial charge in [-0.3, -0.25) is 4.79 Å². The van der Waals surface area contributed by atoms with E-state index in [9.17, 15) is 4.79 Å². The number of carbonyl (C=O) groups is 1. The van der Waals surface area contributed by atoms with E-state index in [1.165, 1.54) is 6.08 Å². The van der Waals surface area contributed by atoms with E-state index in [1.54, 1.807) is 0 Å². The third-order valence-corrected chi connectivity index (χ3v) is 1.88. The summed E-state index contributed by atoms with van der Waals surface area (Å²) in [6, 6.07) is 7.58. The van der Waals surface area contributed by atoms with Crippen molar-refractivity contribution in [2.75, 3.05) is 0 Å². The maximum atomic E-state index is 11.2. The smallest absolute Gasteiger partial charge is 0.159 e. The Morgan fingerprint density at radius 3 is 2.87 bits per heavy atom. The molecule has 0 bridgehead atoms. The molecule has 0 saturated heterocycles. The van der Waals surface area contributed by atoms with Gasteiger partial charge in [0.25, 0.3) is 0 Å². The zero-order chi connectivity index (χ0) is 11.3. The Bertz CT molecular complexity index is 353. The highest BCUT2D eigenvalue weighted by Gasteiger charge is 2.02. The van der Waals surface area contributed by atoms with Crippen LogP contribution in [0.25, 0.3) is 0 Å². The molecule has 0 aliphatic carbocycles. The molecule has 80 valence electrons. The van der Waals surface area contributed by atoms with E-state index in [2.05, 4.69) is 6.58 Å². The summed E-state index contributed by atoms with van der Waals surface area (Å²) < 4.78 is 5.53. The van der Waals surface area contributed by atoms with Crippen molar-refractivity contribution in [3.63, 3.8) is 0 Å². The monoisotopic (exact) mass is 204 g/mol. The van der Waals surface area contributed by atoms with E-state index in [4.69, 9.17) is 4.74 Å². The van der Waals surface area contributed by atoms with Crippen LogP contribution in [0.3, 0.4) is 0 Å². The number of benzene rings is 1. The second kappa shape index (κ2) is 5.35. The number of rotatable bonds is 5. The van der Waals surface area contributed by atoms with Crippen LogP contribution in [0.5, 0.6) is 5.75 Å². The first kappa shape index (κ1) is 11.5. The third-order valence-electron chi connectivity index (χ3n) is 1.88. The van der Waals surface area contributed by atoms with Gasteiger partial charge in [0.2, 0.25) is 0 Å². The fraction of sp³-hybridized carbons (Fsp3) is 0.308. The highest BCUT2D eigenvalue weighted by Crippen LogP contribution is 2.15.